The van der Waals surface area contributed by atoms with E-state index in [-0.39, 0.29) is 11.9 Å². The predicted octanol–water partition coefficient (Wildman–Crippen LogP) is 4.28. The van der Waals surface area contributed by atoms with Crippen molar-refractivity contribution in [2.45, 2.75) is 18.9 Å². The van der Waals surface area contributed by atoms with Crippen LogP contribution in [0.1, 0.15) is 18.9 Å². The normalized spacial score (nSPS) is 15.2. The van der Waals surface area contributed by atoms with Crippen molar-refractivity contribution >= 4 is 29.4 Å². The van der Waals surface area contributed by atoms with Gasteiger partial charge >= 0.3 is 0 Å². The fraction of sp³-hybridized carbons (Fsp3) is 0.333. The summed E-state index contributed by atoms with van der Waals surface area (Å²) in [7, 11) is 4.85. The van der Waals surface area contributed by atoms with Crippen molar-refractivity contribution in [3.05, 3.63) is 48.9 Å². The first-order chi connectivity index (χ1) is 18.1. The smallest absolute Gasteiger partial charge is 0.223 e. The Kier molecular flexibility index (Phi) is 7.18. The molecule has 0 unspecified atom stereocenters. The van der Waals surface area contributed by atoms with E-state index < -0.39 is 0 Å². The molecular formula is C27H29N5O4S. The Bertz CT molecular complexity index is 1440. The van der Waals surface area contributed by atoms with Gasteiger partial charge in [-0.25, -0.2) is 9.97 Å². The highest BCUT2D eigenvalue weighted by atomic mass is 32.1. The molecule has 1 aliphatic heterocycles. The molecule has 10 heteroatoms. The minimum atomic E-state index is 0.0599. The van der Waals surface area contributed by atoms with Crippen molar-refractivity contribution in [1.29, 1.82) is 0 Å². The summed E-state index contributed by atoms with van der Waals surface area (Å²) < 4.78 is 18.5. The Labute approximate surface area is 220 Å². The number of aromatic nitrogens is 4. The molecule has 37 heavy (non-hydrogen) atoms. The molecule has 0 bridgehead atoms. The van der Waals surface area contributed by atoms with Gasteiger partial charge in [0.1, 0.15) is 17.8 Å². The molecule has 0 saturated carbocycles. The van der Waals surface area contributed by atoms with Crippen molar-refractivity contribution in [2.75, 3.05) is 40.2 Å². The number of nitrogens with zero attached hydrogens (tertiary/aromatic N) is 5. The predicted molar refractivity (Wildman–Crippen MR) is 145 cm³/mol. The molecule has 9 nitrogen and oxygen atoms in total. The van der Waals surface area contributed by atoms with Crippen LogP contribution in [0, 0.1) is 0 Å². The summed E-state index contributed by atoms with van der Waals surface area (Å²) in [6.07, 6.45) is 4.83. The van der Waals surface area contributed by atoms with Gasteiger partial charge < -0.3 is 19.1 Å². The minimum absolute atomic E-state index is 0.0599. The fourth-order valence-corrected chi connectivity index (χ4v) is 4.96. The Morgan fingerprint density at radius 2 is 1.86 bits per heavy atom. The molecule has 1 saturated heterocycles. The number of hydrogen-bond acceptors (Lipinski definition) is 8. The number of methoxy groups -OCH3 is 3. The highest BCUT2D eigenvalue weighted by molar-refractivity contribution is 7.80. The summed E-state index contributed by atoms with van der Waals surface area (Å²) in [6.45, 7) is 1.31. The minimum Gasteiger partial charge on any atom is -0.497 e. The van der Waals surface area contributed by atoms with E-state index in [9.17, 15) is 4.79 Å². The van der Waals surface area contributed by atoms with Crippen LogP contribution in [-0.2, 0) is 4.79 Å². The van der Waals surface area contributed by atoms with E-state index >= 15 is 0 Å². The van der Waals surface area contributed by atoms with Crippen molar-refractivity contribution in [2.24, 2.45) is 0 Å². The van der Waals surface area contributed by atoms with Gasteiger partial charge in [0.05, 0.1) is 38.6 Å². The molecule has 0 spiro atoms. The number of likely N-dealkylation sites (tertiary alicyclic amines) is 1. The van der Waals surface area contributed by atoms with Crippen LogP contribution in [0.2, 0.25) is 0 Å². The summed E-state index contributed by atoms with van der Waals surface area (Å²) in [4.78, 5) is 23.5. The Balaban J connectivity index is 1.64. The maximum Gasteiger partial charge on any atom is 0.223 e. The highest BCUT2D eigenvalue weighted by Gasteiger charge is 2.29. The number of fused-ring (bicyclic) bond motifs is 1. The molecule has 1 amide bonds. The van der Waals surface area contributed by atoms with E-state index in [1.54, 1.807) is 27.7 Å². The average Bonchev–Trinajstić information content (AvgIpc) is 3.60. The van der Waals surface area contributed by atoms with Gasteiger partial charge in [0.2, 0.25) is 5.91 Å². The molecule has 2 aromatic carbocycles. The molecule has 1 atom stereocenters. The third-order valence-corrected chi connectivity index (χ3v) is 6.91. The summed E-state index contributed by atoms with van der Waals surface area (Å²) in [5.41, 5.74) is 4.00. The number of thiol groups is 1. The van der Waals surface area contributed by atoms with Crippen molar-refractivity contribution in [3.63, 3.8) is 0 Å². The lowest BCUT2D eigenvalue weighted by Crippen LogP contribution is -2.29. The van der Waals surface area contributed by atoms with Crippen LogP contribution >= 0.6 is 12.6 Å². The van der Waals surface area contributed by atoms with Crippen LogP contribution in [-0.4, -0.2) is 70.7 Å². The van der Waals surface area contributed by atoms with Gasteiger partial charge in [0.15, 0.2) is 11.5 Å². The zero-order chi connectivity index (χ0) is 25.9. The first-order valence-electron chi connectivity index (χ1n) is 12.1. The number of carbonyl (C=O) groups excluding carboxylic acids is 1. The number of hydrogen-bond donors (Lipinski definition) is 1. The number of ether oxygens (including phenoxy) is 3. The van der Waals surface area contributed by atoms with Gasteiger partial charge in [-0.15, -0.1) is 0 Å². The topological polar surface area (TPSA) is 91.6 Å². The summed E-state index contributed by atoms with van der Waals surface area (Å²) in [5.74, 6) is 2.60. The Morgan fingerprint density at radius 1 is 1.05 bits per heavy atom. The Morgan fingerprint density at radius 3 is 2.62 bits per heavy atom. The van der Waals surface area contributed by atoms with Gasteiger partial charge in [-0.3, -0.25) is 9.48 Å². The molecule has 0 aliphatic carbocycles. The second kappa shape index (κ2) is 10.7. The van der Waals surface area contributed by atoms with Crippen LogP contribution < -0.4 is 14.2 Å². The molecule has 5 rings (SSSR count). The SMILES string of the molecule is COc1cccc(-c2nn([C@H]3CCN(C(=O)CCS)C3)cc2-c2ncnc3cc(OC)c(OC)cc23)c1. The van der Waals surface area contributed by atoms with Gasteiger partial charge in [0.25, 0.3) is 0 Å². The lowest BCUT2D eigenvalue weighted by Gasteiger charge is -2.16. The van der Waals surface area contributed by atoms with E-state index in [1.807, 2.05) is 52.2 Å². The third-order valence-electron chi connectivity index (χ3n) is 6.69. The van der Waals surface area contributed by atoms with E-state index in [0.29, 0.717) is 36.8 Å². The molecule has 2 aromatic heterocycles. The zero-order valence-electron chi connectivity index (χ0n) is 21.0. The van der Waals surface area contributed by atoms with Gasteiger partial charge in [-0.05, 0) is 30.4 Å². The quantitative estimate of drug-likeness (QED) is 0.348. The second-order valence-corrected chi connectivity index (χ2v) is 9.25. The monoisotopic (exact) mass is 519 g/mol. The molecule has 0 N–H and O–H groups in total. The standard InChI is InChI=1S/C27H29N5O4S/c1-34-19-6-4-5-17(11-19)26-21(15-32(30-26)18-7-9-31(14-18)25(33)8-10-37)27-20-12-23(35-2)24(36-3)13-22(20)28-16-29-27/h4-6,11-13,15-16,18,37H,7-10,14H2,1-3H3/t18-/m0/s1. The van der Waals surface area contributed by atoms with Crippen LogP contribution in [0.4, 0.5) is 0 Å². The van der Waals surface area contributed by atoms with Crippen LogP contribution in [0.15, 0.2) is 48.9 Å². The first kappa shape index (κ1) is 24.9. The van der Waals surface area contributed by atoms with Gasteiger partial charge in [-0.1, -0.05) is 12.1 Å². The number of carbonyl (C=O) groups is 1. The molecule has 0 radical (unpaired) electrons. The van der Waals surface area contributed by atoms with Crippen molar-refractivity contribution in [3.8, 4) is 39.8 Å². The summed E-state index contributed by atoms with van der Waals surface area (Å²) >= 11 is 4.21. The van der Waals surface area contributed by atoms with Crippen molar-refractivity contribution in [1.82, 2.24) is 24.6 Å². The van der Waals surface area contributed by atoms with E-state index in [4.69, 9.17) is 19.3 Å². The number of rotatable bonds is 8. The molecule has 1 fully saturated rings. The third kappa shape index (κ3) is 4.81. The lowest BCUT2D eigenvalue weighted by molar-refractivity contribution is -0.129. The number of amides is 1. The first-order valence-corrected chi connectivity index (χ1v) is 12.7. The highest BCUT2D eigenvalue weighted by Crippen LogP contribution is 2.39. The summed E-state index contributed by atoms with van der Waals surface area (Å²) in [5, 5.41) is 5.85. The van der Waals surface area contributed by atoms with Crippen molar-refractivity contribution < 1.29 is 19.0 Å². The molecule has 1 aliphatic rings. The fourth-order valence-electron chi connectivity index (χ4n) is 4.77. The van der Waals surface area contributed by atoms with Crippen LogP contribution in [0.5, 0.6) is 17.2 Å². The molecule has 4 aromatic rings. The van der Waals surface area contributed by atoms with Gasteiger partial charge in [0, 0.05) is 48.3 Å². The lowest BCUT2D eigenvalue weighted by atomic mass is 10.0. The maximum absolute atomic E-state index is 12.5. The molecular weight excluding hydrogens is 490 g/mol. The summed E-state index contributed by atoms with van der Waals surface area (Å²) in [6, 6.07) is 11.6. The van der Waals surface area contributed by atoms with E-state index in [2.05, 4.69) is 22.6 Å². The molecule has 192 valence electrons. The largest absolute Gasteiger partial charge is 0.497 e. The number of benzene rings is 2. The van der Waals surface area contributed by atoms with Gasteiger partial charge in [-0.2, -0.15) is 17.7 Å². The Hall–Kier alpha value is -3.79. The van der Waals surface area contributed by atoms with E-state index in [1.165, 1.54) is 0 Å². The maximum atomic E-state index is 12.5. The second-order valence-electron chi connectivity index (χ2n) is 8.81. The van der Waals surface area contributed by atoms with Crippen LogP contribution in [0.25, 0.3) is 33.4 Å². The zero-order valence-corrected chi connectivity index (χ0v) is 21.9. The van der Waals surface area contributed by atoms with Crippen LogP contribution in [0.3, 0.4) is 0 Å². The van der Waals surface area contributed by atoms with E-state index in [0.717, 1.165) is 45.6 Å². The average molecular weight is 520 g/mol. The molecule has 3 heterocycles.